The monoisotopic (exact) mass is 154 g/mol. The first-order valence-electron chi connectivity index (χ1n) is 2.73. The van der Waals surface area contributed by atoms with Gasteiger partial charge in [-0.05, 0) is 6.92 Å². The Kier molecular flexibility index (Phi) is 4.70. The third kappa shape index (κ3) is 3.47. The van der Waals surface area contributed by atoms with Crippen LogP contribution in [0.3, 0.4) is 0 Å². The Balaban J connectivity index is 3.70. The maximum Gasteiger partial charge on any atom is 0.0947 e. The Morgan fingerprint density at radius 2 is 2.11 bits per heavy atom. The third-order valence-electron chi connectivity index (χ3n) is 1.10. The predicted molar refractivity (Wildman–Crippen MR) is 42.1 cm³/mol. The molecule has 0 bridgehead atoms. The molecule has 4 heteroatoms. The molecule has 0 unspecified atom stereocenters. The quantitative estimate of drug-likeness (QED) is 0.300. The van der Waals surface area contributed by atoms with Crippen LogP contribution >= 0.6 is 0 Å². The number of hydrogen-bond donors (Lipinski definition) is 0. The van der Waals surface area contributed by atoms with Gasteiger partial charge in [-0.2, -0.15) is 0 Å². The van der Waals surface area contributed by atoms with Gasteiger partial charge in [-0.25, -0.2) is 0 Å². The highest BCUT2D eigenvalue weighted by Crippen LogP contribution is 1.82. The van der Waals surface area contributed by atoms with Gasteiger partial charge in [0.15, 0.2) is 0 Å². The second-order valence-corrected chi connectivity index (χ2v) is 2.35. The molecule has 0 aliphatic carbocycles. The van der Waals surface area contributed by atoms with E-state index in [1.165, 1.54) is 0 Å². The zero-order valence-corrected chi connectivity index (χ0v) is 7.81. The van der Waals surface area contributed by atoms with E-state index in [1.54, 1.807) is 0 Å². The Morgan fingerprint density at radius 3 is 2.44 bits per heavy atom. The van der Waals surface area contributed by atoms with Crippen molar-refractivity contribution in [1.82, 2.24) is 4.90 Å². The van der Waals surface area contributed by atoms with Crippen molar-refractivity contribution in [3.8, 4) is 0 Å². The van der Waals surface area contributed by atoms with Crippen molar-refractivity contribution >= 4 is 26.3 Å². The minimum absolute atomic E-state index is 0.669. The van der Waals surface area contributed by atoms with Crippen molar-refractivity contribution in [2.75, 3.05) is 19.4 Å². The lowest BCUT2D eigenvalue weighted by molar-refractivity contribution is 0.587. The van der Waals surface area contributed by atoms with E-state index in [1.807, 2.05) is 18.9 Å². The van der Waals surface area contributed by atoms with Crippen molar-refractivity contribution < 1.29 is 0 Å². The molecule has 0 saturated carbocycles. The lowest BCUT2D eigenvalue weighted by Gasteiger charge is -2.14. The molecule has 0 fully saturated rings. The van der Waals surface area contributed by atoms with Gasteiger partial charge >= 0.3 is 0 Å². The number of hydrogen-bond acceptors (Lipinski definition) is 1. The van der Waals surface area contributed by atoms with Gasteiger partial charge in [-0.15, -0.1) is 0 Å². The molecule has 0 spiro atoms. The molecule has 0 atom stereocenters. The molecule has 0 aromatic rings. The van der Waals surface area contributed by atoms with Gasteiger partial charge in [-0.1, -0.05) is 0 Å². The van der Waals surface area contributed by atoms with Crippen LogP contribution in [0.25, 0.3) is 0 Å². The van der Waals surface area contributed by atoms with Crippen molar-refractivity contribution in [2.45, 2.75) is 6.92 Å². The highest BCUT2D eigenvalue weighted by Gasteiger charge is 1.92. The van der Waals surface area contributed by atoms with Gasteiger partial charge < -0.3 is 4.90 Å². The summed E-state index contributed by atoms with van der Waals surface area (Å²) < 4.78 is 0. The molecule has 0 aliphatic rings. The average molecular weight is 154 g/mol. The normalized spacial score (nSPS) is 11.8. The molecule has 0 aliphatic heterocycles. The van der Waals surface area contributed by atoms with E-state index in [2.05, 4.69) is 25.5 Å². The summed E-state index contributed by atoms with van der Waals surface area (Å²) in [4.78, 5) is 6.13. The molecule has 0 aromatic carbocycles. The number of aliphatic imine (C=N–C) groups is 1. The molecule has 0 saturated heterocycles. The molecule has 0 aromatic heterocycles. The maximum absolute atomic E-state index is 4.12. The lowest BCUT2D eigenvalue weighted by Crippen LogP contribution is -2.25. The molecule has 6 radical (unpaired) electrons. The van der Waals surface area contributed by atoms with Crippen molar-refractivity contribution in [2.24, 2.45) is 4.99 Å². The highest BCUT2D eigenvalue weighted by atomic mass is 28.1. The van der Waals surface area contributed by atoms with Crippen LogP contribution in [-0.2, 0) is 0 Å². The van der Waals surface area contributed by atoms with Gasteiger partial charge in [0.1, 0.15) is 0 Å². The second kappa shape index (κ2) is 4.75. The fourth-order valence-electron chi connectivity index (χ4n) is 0.350. The lowest BCUT2D eigenvalue weighted by atomic mass is 10.6. The smallest absolute Gasteiger partial charge is 0.0947 e. The Bertz CT molecular complexity index is 103. The van der Waals surface area contributed by atoms with Gasteiger partial charge in [0.05, 0.1) is 26.3 Å². The van der Waals surface area contributed by atoms with Crippen LogP contribution in [0, 0.1) is 0 Å². The third-order valence-corrected chi connectivity index (χ3v) is 1.73. The van der Waals surface area contributed by atoms with Crippen molar-refractivity contribution in [3.05, 3.63) is 0 Å². The van der Waals surface area contributed by atoms with Crippen LogP contribution in [0.15, 0.2) is 4.99 Å². The van der Waals surface area contributed by atoms with E-state index in [-0.39, 0.29) is 0 Å². The Morgan fingerprint density at radius 1 is 1.56 bits per heavy atom. The zero-order chi connectivity index (χ0) is 7.28. The first kappa shape index (κ1) is 8.90. The van der Waals surface area contributed by atoms with Crippen LogP contribution in [0.2, 0.25) is 0 Å². The predicted octanol–water partition coefficient (Wildman–Crippen LogP) is -0.411. The first-order chi connectivity index (χ1) is 4.22. The molecular weight excluding hydrogens is 144 g/mol. The summed E-state index contributed by atoms with van der Waals surface area (Å²) in [7, 11) is 8.60. The van der Waals surface area contributed by atoms with E-state index < -0.39 is 0 Å². The van der Waals surface area contributed by atoms with Crippen LogP contribution in [-0.4, -0.2) is 50.6 Å². The van der Waals surface area contributed by atoms with E-state index in [9.17, 15) is 0 Å². The van der Waals surface area contributed by atoms with E-state index in [4.69, 9.17) is 0 Å². The first-order valence-corrected chi connectivity index (χ1v) is 4.15. The molecule has 9 heavy (non-hydrogen) atoms. The fourth-order valence-corrected chi connectivity index (χ4v) is 0.807. The number of nitrogens with zero attached hydrogens (tertiary/aromatic N) is 2. The summed E-state index contributed by atoms with van der Waals surface area (Å²) in [6, 6.07) is 0. The maximum atomic E-state index is 4.12. The van der Waals surface area contributed by atoms with Crippen molar-refractivity contribution in [1.29, 1.82) is 0 Å². The fraction of sp³-hybridized carbons (Fsp3) is 0.800. The topological polar surface area (TPSA) is 15.6 Å². The SMILES string of the molecule is C/C(=N/C[Si])N(C)C[Si]. The van der Waals surface area contributed by atoms with Gasteiger partial charge in [-0.3, -0.25) is 4.99 Å². The molecule has 48 valence electrons. The number of amidine groups is 1. The van der Waals surface area contributed by atoms with E-state index in [0.717, 1.165) is 12.0 Å². The van der Waals surface area contributed by atoms with Gasteiger partial charge in [0.25, 0.3) is 0 Å². The van der Waals surface area contributed by atoms with Crippen LogP contribution in [0.5, 0.6) is 0 Å². The standard InChI is InChI=1S/C5H10N2Si2/c1-5(6-3-8)7(2)4-9/h3-4H2,1-2H3/b6-5-. The average Bonchev–Trinajstić information content (AvgIpc) is 1.87. The summed E-state index contributed by atoms with van der Waals surface area (Å²) in [6.07, 6.45) is 1.49. The molecule has 2 nitrogen and oxygen atoms in total. The molecule has 0 heterocycles. The Labute approximate surface area is 63.2 Å². The van der Waals surface area contributed by atoms with Crippen LogP contribution in [0.1, 0.15) is 6.92 Å². The molecule has 0 N–H and O–H groups in total. The summed E-state index contributed by atoms with van der Waals surface area (Å²) >= 11 is 0. The minimum Gasteiger partial charge on any atom is -0.367 e. The summed E-state index contributed by atoms with van der Waals surface area (Å²) in [6.45, 7) is 1.97. The molecule has 0 amide bonds. The summed E-state index contributed by atoms with van der Waals surface area (Å²) in [5.74, 6) is 1.03. The van der Waals surface area contributed by atoms with E-state index in [0.29, 0.717) is 6.17 Å². The van der Waals surface area contributed by atoms with Crippen LogP contribution < -0.4 is 0 Å². The molecular formula is C5H10N2Si2. The summed E-state index contributed by atoms with van der Waals surface area (Å²) in [5, 5.41) is 0. The molecule has 0 rings (SSSR count). The largest absolute Gasteiger partial charge is 0.367 e. The highest BCUT2D eigenvalue weighted by molar-refractivity contribution is 6.11. The zero-order valence-electron chi connectivity index (χ0n) is 5.81. The van der Waals surface area contributed by atoms with Crippen molar-refractivity contribution in [3.63, 3.8) is 0 Å². The number of rotatable bonds is 2. The second-order valence-electron chi connectivity index (χ2n) is 1.72. The van der Waals surface area contributed by atoms with Gasteiger partial charge in [0.2, 0.25) is 0 Å². The van der Waals surface area contributed by atoms with E-state index >= 15 is 0 Å². The minimum atomic E-state index is 0.669. The van der Waals surface area contributed by atoms with Crippen LogP contribution in [0.4, 0.5) is 0 Å². The van der Waals surface area contributed by atoms with Gasteiger partial charge in [0, 0.05) is 19.4 Å². The summed E-state index contributed by atoms with van der Waals surface area (Å²) in [5.41, 5.74) is 0. The Hall–Kier alpha value is -0.0962.